The lowest BCUT2D eigenvalue weighted by Crippen LogP contribution is -2.17. The first-order valence-electron chi connectivity index (χ1n) is 8.19. The van der Waals surface area contributed by atoms with Crippen molar-refractivity contribution in [3.05, 3.63) is 53.1 Å². The largest absolute Gasteiger partial charge is 0.492 e. The van der Waals surface area contributed by atoms with Crippen molar-refractivity contribution in [1.29, 1.82) is 0 Å². The number of amides is 1. The second kappa shape index (κ2) is 8.91. The molecule has 0 fully saturated rings. The number of rotatable bonds is 8. The lowest BCUT2D eigenvalue weighted by atomic mass is 10.2. The van der Waals surface area contributed by atoms with Gasteiger partial charge >= 0.3 is 0 Å². The molecule has 8 heteroatoms. The fraction of sp³-hybridized carbons (Fsp3) is 0.278. The summed E-state index contributed by atoms with van der Waals surface area (Å²) >= 11 is 5.99. The van der Waals surface area contributed by atoms with Crippen LogP contribution < -0.4 is 14.8 Å². The highest BCUT2D eigenvalue weighted by molar-refractivity contribution is 7.92. The zero-order valence-corrected chi connectivity index (χ0v) is 16.2. The fourth-order valence-corrected chi connectivity index (χ4v) is 3.60. The summed E-state index contributed by atoms with van der Waals surface area (Å²) in [7, 11) is -3.42. The molecular weight excluding hydrogens is 376 g/mol. The molecule has 0 bridgehead atoms. The van der Waals surface area contributed by atoms with Gasteiger partial charge < -0.3 is 10.1 Å². The molecule has 0 aliphatic heterocycles. The number of carbonyl (C=O) groups is 1. The van der Waals surface area contributed by atoms with E-state index in [4.69, 9.17) is 16.3 Å². The van der Waals surface area contributed by atoms with E-state index in [0.717, 1.165) is 0 Å². The molecule has 0 aromatic heterocycles. The molecule has 0 aliphatic rings. The molecule has 0 spiro atoms. The van der Waals surface area contributed by atoms with Gasteiger partial charge in [-0.3, -0.25) is 9.52 Å². The zero-order chi connectivity index (χ0) is 19.2. The molecule has 140 valence electrons. The lowest BCUT2D eigenvalue weighted by Gasteiger charge is -2.13. The predicted octanol–water partition coefficient (Wildman–Crippen LogP) is 4.14. The molecule has 0 radical (unpaired) electrons. The van der Waals surface area contributed by atoms with Crippen LogP contribution in [0.3, 0.4) is 0 Å². The van der Waals surface area contributed by atoms with Gasteiger partial charge in [-0.05, 0) is 49.7 Å². The number of hydrogen-bond donors (Lipinski definition) is 2. The van der Waals surface area contributed by atoms with Crippen LogP contribution >= 0.6 is 11.6 Å². The van der Waals surface area contributed by atoms with Crippen molar-refractivity contribution < 1.29 is 17.9 Å². The topological polar surface area (TPSA) is 84.5 Å². The molecule has 0 saturated carbocycles. The van der Waals surface area contributed by atoms with Gasteiger partial charge in [0, 0.05) is 16.3 Å². The molecule has 0 aliphatic carbocycles. The van der Waals surface area contributed by atoms with Gasteiger partial charge in [0.25, 0.3) is 5.91 Å². The number of hydrogen-bond acceptors (Lipinski definition) is 4. The van der Waals surface area contributed by atoms with E-state index in [1.807, 2.05) is 6.92 Å². The van der Waals surface area contributed by atoms with Crippen molar-refractivity contribution in [3.8, 4) is 5.75 Å². The van der Waals surface area contributed by atoms with Crippen molar-refractivity contribution >= 4 is 38.9 Å². The van der Waals surface area contributed by atoms with E-state index in [0.29, 0.717) is 40.7 Å². The van der Waals surface area contributed by atoms with E-state index in [1.54, 1.807) is 43.3 Å². The maximum absolute atomic E-state index is 12.5. The highest BCUT2D eigenvalue weighted by atomic mass is 35.5. The van der Waals surface area contributed by atoms with Crippen LogP contribution in [0.1, 0.15) is 30.6 Å². The quantitative estimate of drug-likeness (QED) is 0.702. The average Bonchev–Trinajstić information content (AvgIpc) is 2.57. The number of halogens is 1. The average molecular weight is 397 g/mol. The molecule has 2 aromatic carbocycles. The van der Waals surface area contributed by atoms with E-state index in [9.17, 15) is 13.2 Å². The number of sulfonamides is 1. The van der Waals surface area contributed by atoms with E-state index >= 15 is 0 Å². The van der Waals surface area contributed by atoms with Crippen LogP contribution in [0.2, 0.25) is 5.02 Å². The van der Waals surface area contributed by atoms with Gasteiger partial charge in [-0.1, -0.05) is 24.6 Å². The summed E-state index contributed by atoms with van der Waals surface area (Å²) in [4.78, 5) is 12.5. The molecular formula is C18H21ClN2O4S. The van der Waals surface area contributed by atoms with Gasteiger partial charge in [-0.25, -0.2) is 8.42 Å². The summed E-state index contributed by atoms with van der Waals surface area (Å²) in [5.74, 6) is 0.124. The normalized spacial score (nSPS) is 11.0. The molecule has 0 unspecified atom stereocenters. The van der Waals surface area contributed by atoms with Gasteiger partial charge in [-0.15, -0.1) is 0 Å². The maximum Gasteiger partial charge on any atom is 0.255 e. The van der Waals surface area contributed by atoms with Crippen LogP contribution in [0.15, 0.2) is 42.5 Å². The van der Waals surface area contributed by atoms with Gasteiger partial charge in [0.05, 0.1) is 18.0 Å². The van der Waals surface area contributed by atoms with Gasteiger partial charge in [0.1, 0.15) is 5.75 Å². The number of carbonyl (C=O) groups excluding carboxylic acids is 1. The van der Waals surface area contributed by atoms with E-state index < -0.39 is 15.9 Å². The molecule has 0 heterocycles. The van der Waals surface area contributed by atoms with Crippen molar-refractivity contribution in [2.45, 2.75) is 20.3 Å². The molecule has 2 aromatic rings. The number of ether oxygens (including phenoxy) is 1. The highest BCUT2D eigenvalue weighted by Gasteiger charge is 2.13. The first-order chi connectivity index (χ1) is 12.3. The monoisotopic (exact) mass is 396 g/mol. The van der Waals surface area contributed by atoms with Crippen molar-refractivity contribution in [2.24, 2.45) is 0 Å². The number of benzene rings is 2. The van der Waals surface area contributed by atoms with E-state index in [2.05, 4.69) is 10.0 Å². The van der Waals surface area contributed by atoms with Gasteiger partial charge in [0.15, 0.2) is 0 Å². The summed E-state index contributed by atoms with van der Waals surface area (Å²) in [6, 6.07) is 11.2. The van der Waals surface area contributed by atoms with Crippen LogP contribution in [0.4, 0.5) is 11.4 Å². The Balaban J connectivity index is 2.21. The second-order valence-electron chi connectivity index (χ2n) is 5.53. The third-order valence-electron chi connectivity index (χ3n) is 3.36. The minimum Gasteiger partial charge on any atom is -0.492 e. The smallest absolute Gasteiger partial charge is 0.255 e. The van der Waals surface area contributed by atoms with Crippen LogP contribution in [0, 0.1) is 0 Å². The van der Waals surface area contributed by atoms with Crippen molar-refractivity contribution in [3.63, 3.8) is 0 Å². The molecule has 2 rings (SSSR count). The Kier molecular flexibility index (Phi) is 6.88. The Bertz CT molecular complexity index is 885. The van der Waals surface area contributed by atoms with E-state index in [1.165, 1.54) is 6.07 Å². The Labute approximate surface area is 158 Å². The molecule has 0 saturated heterocycles. The standard InChI is InChI=1S/C18H21ClN2O4S/c1-3-10-26(23,24)21-15-7-5-6-13(11-15)18(22)20-16-12-14(19)8-9-17(16)25-4-2/h5-9,11-12,21H,3-4,10H2,1-2H3,(H,20,22). The van der Waals surface area contributed by atoms with Crippen LogP contribution in [0.5, 0.6) is 5.75 Å². The second-order valence-corrected chi connectivity index (χ2v) is 7.81. The summed E-state index contributed by atoms with van der Waals surface area (Å²) in [6.45, 7) is 4.06. The third-order valence-corrected chi connectivity index (χ3v) is 5.09. The summed E-state index contributed by atoms with van der Waals surface area (Å²) < 4.78 is 31.7. The Morgan fingerprint density at radius 3 is 2.62 bits per heavy atom. The van der Waals surface area contributed by atoms with Crippen LogP contribution in [-0.2, 0) is 10.0 Å². The molecule has 26 heavy (non-hydrogen) atoms. The lowest BCUT2D eigenvalue weighted by molar-refractivity contribution is 0.102. The highest BCUT2D eigenvalue weighted by Crippen LogP contribution is 2.28. The van der Waals surface area contributed by atoms with E-state index in [-0.39, 0.29) is 5.75 Å². The SMILES string of the molecule is CCCS(=O)(=O)Nc1cccc(C(=O)Nc2cc(Cl)ccc2OCC)c1. The first kappa shape index (κ1) is 20.1. The summed E-state index contributed by atoms with van der Waals surface area (Å²) in [6.07, 6.45) is 0.504. The summed E-state index contributed by atoms with van der Waals surface area (Å²) in [5, 5.41) is 3.20. The predicted molar refractivity (Wildman–Crippen MR) is 105 cm³/mol. The van der Waals surface area contributed by atoms with Crippen molar-refractivity contribution in [1.82, 2.24) is 0 Å². The minimum absolute atomic E-state index is 0.0175. The maximum atomic E-state index is 12.5. The number of nitrogens with one attached hydrogen (secondary N) is 2. The Morgan fingerprint density at radius 2 is 1.92 bits per heavy atom. The number of anilines is 2. The molecule has 1 amide bonds. The summed E-state index contributed by atoms with van der Waals surface area (Å²) in [5.41, 5.74) is 1.09. The molecule has 0 atom stereocenters. The van der Waals surface area contributed by atoms with Crippen LogP contribution in [-0.4, -0.2) is 26.7 Å². The third kappa shape index (κ3) is 5.64. The Hall–Kier alpha value is -2.25. The minimum atomic E-state index is -3.42. The fourth-order valence-electron chi connectivity index (χ4n) is 2.30. The molecule has 6 nitrogen and oxygen atoms in total. The first-order valence-corrected chi connectivity index (χ1v) is 10.2. The zero-order valence-electron chi connectivity index (χ0n) is 14.6. The Morgan fingerprint density at radius 1 is 1.15 bits per heavy atom. The molecule has 2 N–H and O–H groups in total. The van der Waals surface area contributed by atoms with Gasteiger partial charge in [-0.2, -0.15) is 0 Å². The van der Waals surface area contributed by atoms with Gasteiger partial charge in [0.2, 0.25) is 10.0 Å². The van der Waals surface area contributed by atoms with Crippen molar-refractivity contribution in [2.75, 3.05) is 22.4 Å². The van der Waals surface area contributed by atoms with Crippen LogP contribution in [0.25, 0.3) is 0 Å².